The topological polar surface area (TPSA) is 91.8 Å². The minimum Gasteiger partial charge on any atom is -0.496 e. The van der Waals surface area contributed by atoms with Crippen molar-refractivity contribution >= 4 is 23.9 Å². The maximum atomic E-state index is 11.6. The Bertz CT molecular complexity index is 1050. The number of aryl methyl sites for hydroxylation is 1. The van der Waals surface area contributed by atoms with Crippen molar-refractivity contribution in [2.75, 3.05) is 7.11 Å². The van der Waals surface area contributed by atoms with E-state index in [2.05, 4.69) is 18.8 Å². The van der Waals surface area contributed by atoms with Gasteiger partial charge in [-0.05, 0) is 61.2 Å². The summed E-state index contributed by atoms with van der Waals surface area (Å²) in [6.45, 7) is 8.03. The lowest BCUT2D eigenvalue weighted by Crippen LogP contribution is -2.03. The van der Waals surface area contributed by atoms with Gasteiger partial charge in [0.25, 0.3) is 0 Å². The number of hydrogen-bond acceptors (Lipinski definition) is 3. The molecule has 0 spiro atoms. The molecule has 3 N–H and O–H groups in total. The van der Waals surface area contributed by atoms with Gasteiger partial charge in [0, 0.05) is 10.9 Å². The first-order valence-corrected chi connectivity index (χ1v) is 10.3. The molecule has 0 aliphatic rings. The first kappa shape index (κ1) is 19.5. The van der Waals surface area contributed by atoms with Crippen LogP contribution in [0, 0.1) is 13.8 Å². The lowest BCUT2D eigenvalue weighted by molar-refractivity contribution is 0.386. The monoisotopic (exact) mass is 389 g/mol. The second-order valence-corrected chi connectivity index (χ2v) is 8.54. The van der Waals surface area contributed by atoms with Gasteiger partial charge in [-0.25, -0.2) is 0 Å². The van der Waals surface area contributed by atoms with Gasteiger partial charge in [0.2, 0.25) is 0 Å². The van der Waals surface area contributed by atoms with Crippen molar-refractivity contribution in [3.8, 4) is 17.2 Å². The van der Waals surface area contributed by atoms with Crippen LogP contribution < -0.4 is 14.9 Å². The van der Waals surface area contributed by atoms with Crippen molar-refractivity contribution in [2.45, 2.75) is 33.6 Å². The molecule has 6 nitrogen and oxygen atoms in total. The first-order chi connectivity index (χ1) is 12.6. The second kappa shape index (κ2) is 7.04. The largest absolute Gasteiger partial charge is 0.496 e. The number of nitrogens with one attached hydrogen (secondary N) is 1. The summed E-state index contributed by atoms with van der Waals surface area (Å²) in [5.41, 5.74) is 3.42. The number of aromatic amines is 1. The number of fused-ring (bicyclic) bond motifs is 1. The number of rotatable bonds is 5. The zero-order valence-corrected chi connectivity index (χ0v) is 16.9. The zero-order valence-electron chi connectivity index (χ0n) is 16.0. The van der Waals surface area contributed by atoms with Crippen molar-refractivity contribution in [1.29, 1.82) is 0 Å². The molecule has 27 heavy (non-hydrogen) atoms. The maximum absolute atomic E-state index is 11.6. The molecule has 0 unspecified atom stereocenters. The average molecular weight is 389 g/mol. The number of aromatic nitrogens is 1. The van der Waals surface area contributed by atoms with Crippen LogP contribution in [-0.2, 0) is 4.57 Å². The van der Waals surface area contributed by atoms with Crippen molar-refractivity contribution in [1.82, 2.24) is 4.98 Å². The quantitative estimate of drug-likeness (QED) is 0.559. The second-order valence-electron chi connectivity index (χ2n) is 6.97. The number of ether oxygens (including phenoxy) is 2. The third kappa shape index (κ3) is 3.74. The number of benzene rings is 2. The van der Waals surface area contributed by atoms with Gasteiger partial charge in [0.15, 0.2) is 0 Å². The van der Waals surface area contributed by atoms with E-state index in [1.54, 1.807) is 7.11 Å². The summed E-state index contributed by atoms with van der Waals surface area (Å²) in [6.07, 6.45) is 0. The van der Waals surface area contributed by atoms with Gasteiger partial charge in [0.05, 0.1) is 12.6 Å². The summed E-state index contributed by atoms with van der Waals surface area (Å²) in [7, 11) is -2.74. The van der Waals surface area contributed by atoms with Gasteiger partial charge < -0.3 is 24.2 Å². The number of hydrogen-bond donors (Lipinski definition) is 3. The van der Waals surface area contributed by atoms with E-state index in [-0.39, 0.29) is 11.4 Å². The minimum atomic E-state index is -4.38. The van der Waals surface area contributed by atoms with Crippen LogP contribution in [-0.4, -0.2) is 21.9 Å². The molecule has 0 atom stereocenters. The molecule has 0 aliphatic carbocycles. The Morgan fingerprint density at radius 1 is 1.11 bits per heavy atom. The molecule has 7 heteroatoms. The normalized spacial score (nSPS) is 12.0. The lowest BCUT2D eigenvalue weighted by atomic mass is 10.0. The van der Waals surface area contributed by atoms with E-state index >= 15 is 0 Å². The molecule has 2 aromatic carbocycles. The lowest BCUT2D eigenvalue weighted by Gasteiger charge is -2.16. The summed E-state index contributed by atoms with van der Waals surface area (Å²) in [6, 6.07) is 8.96. The molecule has 0 saturated heterocycles. The van der Waals surface area contributed by atoms with Crippen LogP contribution in [0.4, 0.5) is 0 Å². The van der Waals surface area contributed by atoms with E-state index in [1.165, 1.54) is 6.07 Å². The first-order valence-electron chi connectivity index (χ1n) is 8.66. The molecule has 3 rings (SSSR count). The molecule has 0 saturated carbocycles. The average Bonchev–Trinajstić information content (AvgIpc) is 3.02. The molecule has 3 aromatic rings. The Labute approximate surface area is 158 Å². The fourth-order valence-corrected chi connectivity index (χ4v) is 3.66. The third-order valence-corrected chi connectivity index (χ3v) is 5.60. The van der Waals surface area contributed by atoms with Gasteiger partial charge in [0.1, 0.15) is 22.7 Å². The Hall–Kier alpha value is -2.27. The van der Waals surface area contributed by atoms with Crippen molar-refractivity contribution in [3.05, 3.63) is 47.0 Å². The van der Waals surface area contributed by atoms with E-state index in [4.69, 9.17) is 9.47 Å². The van der Waals surface area contributed by atoms with E-state index < -0.39 is 7.60 Å². The Morgan fingerprint density at radius 3 is 2.41 bits per heavy atom. The van der Waals surface area contributed by atoms with Crippen molar-refractivity contribution < 1.29 is 23.8 Å². The maximum Gasteiger partial charge on any atom is 0.372 e. The summed E-state index contributed by atoms with van der Waals surface area (Å²) in [4.78, 5) is 21.8. The molecule has 0 amide bonds. The molecular weight excluding hydrogens is 365 g/mol. The Morgan fingerprint density at radius 2 is 1.81 bits per heavy atom. The summed E-state index contributed by atoms with van der Waals surface area (Å²) >= 11 is 0. The number of methoxy groups -OCH3 is 1. The molecule has 0 fully saturated rings. The fourth-order valence-electron chi connectivity index (χ4n) is 3.10. The smallest absolute Gasteiger partial charge is 0.372 e. The van der Waals surface area contributed by atoms with E-state index in [9.17, 15) is 14.4 Å². The highest BCUT2D eigenvalue weighted by atomic mass is 31.2. The Balaban J connectivity index is 2.14. The van der Waals surface area contributed by atoms with Crippen LogP contribution in [0.5, 0.6) is 17.2 Å². The van der Waals surface area contributed by atoms with Crippen LogP contribution in [0.2, 0.25) is 0 Å². The molecular formula is C20H24NO5P. The van der Waals surface area contributed by atoms with Gasteiger partial charge in [-0.1, -0.05) is 13.8 Å². The third-order valence-electron chi connectivity index (χ3n) is 4.73. The van der Waals surface area contributed by atoms with Crippen LogP contribution >= 0.6 is 7.60 Å². The van der Waals surface area contributed by atoms with Crippen molar-refractivity contribution in [2.24, 2.45) is 0 Å². The number of H-pyrrole nitrogens is 1. The standard InChI is InChI=1S/C20H24NO5P/c1-11(2)15-9-14(6-7-18(15)25-5)26-20-13(4)12(3)8-17-16(20)10-19(21-17)27(22,23)24/h6-11,21H,1-5H3,(H2,22,23,24). The highest BCUT2D eigenvalue weighted by molar-refractivity contribution is 7.60. The van der Waals surface area contributed by atoms with Gasteiger partial charge in [-0.2, -0.15) is 0 Å². The summed E-state index contributed by atoms with van der Waals surface area (Å²) < 4.78 is 23.3. The van der Waals surface area contributed by atoms with Gasteiger partial charge in [-0.3, -0.25) is 4.57 Å². The molecule has 1 aromatic heterocycles. The van der Waals surface area contributed by atoms with E-state index in [0.29, 0.717) is 22.4 Å². The molecule has 0 bridgehead atoms. The van der Waals surface area contributed by atoms with Gasteiger partial charge >= 0.3 is 7.60 Å². The van der Waals surface area contributed by atoms with E-state index in [0.717, 1.165) is 22.4 Å². The highest BCUT2D eigenvalue weighted by Gasteiger charge is 2.22. The minimum absolute atomic E-state index is 0.120. The van der Waals surface area contributed by atoms with Gasteiger partial charge in [-0.15, -0.1) is 0 Å². The molecule has 144 valence electrons. The summed E-state index contributed by atoms with van der Waals surface area (Å²) in [5, 5.41) is 0.637. The summed E-state index contributed by atoms with van der Waals surface area (Å²) in [5.74, 6) is 2.29. The van der Waals surface area contributed by atoms with Crippen LogP contribution in [0.1, 0.15) is 36.5 Å². The van der Waals surface area contributed by atoms with E-state index in [1.807, 2.05) is 38.1 Å². The van der Waals surface area contributed by atoms with Crippen LogP contribution in [0.25, 0.3) is 10.9 Å². The molecule has 0 radical (unpaired) electrons. The molecule has 0 aliphatic heterocycles. The van der Waals surface area contributed by atoms with Crippen LogP contribution in [0.15, 0.2) is 30.3 Å². The Kier molecular flexibility index (Phi) is 5.08. The SMILES string of the molecule is COc1ccc(Oc2c(C)c(C)cc3[nH]c(P(=O)(O)O)cc23)cc1C(C)C. The predicted octanol–water partition coefficient (Wildman–Crippen LogP) is 4.51. The van der Waals surface area contributed by atoms with Crippen molar-refractivity contribution in [3.63, 3.8) is 0 Å². The van der Waals surface area contributed by atoms with Crippen LogP contribution in [0.3, 0.4) is 0 Å². The predicted molar refractivity (Wildman–Crippen MR) is 107 cm³/mol. The fraction of sp³-hybridized carbons (Fsp3) is 0.300. The zero-order chi connectivity index (χ0) is 19.9. The highest BCUT2D eigenvalue weighted by Crippen LogP contribution is 2.40. The molecule has 1 heterocycles.